The van der Waals surface area contributed by atoms with Gasteiger partial charge in [0.25, 0.3) is 0 Å². The molecule has 0 spiro atoms. The number of ether oxygens (including phenoxy) is 1. The van der Waals surface area contributed by atoms with Gasteiger partial charge in [-0.1, -0.05) is 12.1 Å². The normalized spacial score (nSPS) is 19.1. The number of phenols is 1. The van der Waals surface area contributed by atoms with Crippen LogP contribution >= 0.6 is 0 Å². The van der Waals surface area contributed by atoms with E-state index in [1.54, 1.807) is 13.2 Å². The molecule has 4 rings (SSSR count). The van der Waals surface area contributed by atoms with Crippen LogP contribution < -0.4 is 10.1 Å². The zero-order valence-electron chi connectivity index (χ0n) is 11.4. The van der Waals surface area contributed by atoms with Crippen LogP contribution in [0.4, 0.5) is 0 Å². The Morgan fingerprint density at radius 2 is 2.15 bits per heavy atom. The molecule has 0 bridgehead atoms. The van der Waals surface area contributed by atoms with Crippen molar-refractivity contribution < 1.29 is 9.84 Å². The number of benzene rings is 2. The van der Waals surface area contributed by atoms with Gasteiger partial charge in [-0.25, -0.2) is 0 Å². The summed E-state index contributed by atoms with van der Waals surface area (Å²) in [5, 5.41) is 13.9. The molecule has 1 unspecified atom stereocenters. The first-order chi connectivity index (χ1) is 9.78. The summed E-state index contributed by atoms with van der Waals surface area (Å²) in [6, 6.07) is 10.3. The Morgan fingerprint density at radius 1 is 1.25 bits per heavy atom. The van der Waals surface area contributed by atoms with E-state index in [4.69, 9.17) is 4.74 Å². The number of fused-ring (bicyclic) bond motifs is 2. The van der Waals surface area contributed by atoms with Crippen molar-refractivity contribution in [1.29, 1.82) is 0 Å². The minimum atomic E-state index is 0.356. The molecule has 0 radical (unpaired) electrons. The molecule has 1 aliphatic heterocycles. The Hall–Kier alpha value is -2.00. The third-order valence-corrected chi connectivity index (χ3v) is 4.43. The van der Waals surface area contributed by atoms with Crippen LogP contribution in [0.2, 0.25) is 0 Å². The predicted octanol–water partition coefficient (Wildman–Crippen LogP) is 2.81. The molecule has 0 amide bonds. The maximum atomic E-state index is 10.3. The number of aromatic hydroxyl groups is 1. The topological polar surface area (TPSA) is 41.5 Å². The summed E-state index contributed by atoms with van der Waals surface area (Å²) in [5.41, 5.74) is 5.98. The van der Waals surface area contributed by atoms with Crippen LogP contribution in [0.3, 0.4) is 0 Å². The van der Waals surface area contributed by atoms with Crippen molar-refractivity contribution in [2.75, 3.05) is 13.7 Å². The standard InChI is InChI=1S/C17H17NO2/c1-20-12-7-11-5-6-18-14-8-10-3-2-4-15(19)17(10)13(9-12)16(11)14/h2-4,7,9,14,18-19H,5-6,8H2,1H3. The van der Waals surface area contributed by atoms with Crippen LogP contribution in [0.15, 0.2) is 30.3 Å². The molecule has 2 N–H and O–H groups in total. The van der Waals surface area contributed by atoms with Gasteiger partial charge in [-0.3, -0.25) is 0 Å². The van der Waals surface area contributed by atoms with Crippen molar-refractivity contribution >= 4 is 0 Å². The number of nitrogens with one attached hydrogen (secondary N) is 1. The van der Waals surface area contributed by atoms with Crippen molar-refractivity contribution in [2.24, 2.45) is 0 Å². The Balaban J connectivity index is 2.05. The van der Waals surface area contributed by atoms with Gasteiger partial charge >= 0.3 is 0 Å². The van der Waals surface area contributed by atoms with Crippen molar-refractivity contribution in [2.45, 2.75) is 18.9 Å². The summed E-state index contributed by atoms with van der Waals surface area (Å²) in [6.07, 6.45) is 1.95. The van der Waals surface area contributed by atoms with Gasteiger partial charge in [0, 0.05) is 11.6 Å². The lowest BCUT2D eigenvalue weighted by molar-refractivity contribution is 0.412. The molecule has 1 atom stereocenters. The first-order valence-corrected chi connectivity index (χ1v) is 7.03. The molecule has 102 valence electrons. The summed E-state index contributed by atoms with van der Waals surface area (Å²) < 4.78 is 5.43. The summed E-state index contributed by atoms with van der Waals surface area (Å²) in [5.74, 6) is 1.23. The zero-order valence-corrected chi connectivity index (χ0v) is 11.4. The van der Waals surface area contributed by atoms with E-state index in [1.165, 1.54) is 16.7 Å². The molecular weight excluding hydrogens is 250 g/mol. The smallest absolute Gasteiger partial charge is 0.123 e. The molecule has 0 saturated carbocycles. The maximum absolute atomic E-state index is 10.3. The lowest BCUT2D eigenvalue weighted by Gasteiger charge is -2.34. The molecule has 2 aliphatic rings. The fraction of sp³-hybridized carbons (Fsp3) is 0.294. The predicted molar refractivity (Wildman–Crippen MR) is 78.2 cm³/mol. The highest BCUT2D eigenvalue weighted by Gasteiger charge is 2.31. The van der Waals surface area contributed by atoms with Crippen molar-refractivity contribution in [3.63, 3.8) is 0 Å². The molecule has 3 heteroatoms. The minimum absolute atomic E-state index is 0.356. The van der Waals surface area contributed by atoms with E-state index in [9.17, 15) is 5.11 Å². The SMILES string of the molecule is COc1cc2c3c(c1)-c1c(O)cccc1CC3NCC2. The Morgan fingerprint density at radius 3 is 3.00 bits per heavy atom. The third kappa shape index (κ3) is 1.56. The van der Waals surface area contributed by atoms with Crippen LogP contribution in [0, 0.1) is 0 Å². The number of rotatable bonds is 1. The summed E-state index contributed by atoms with van der Waals surface area (Å²) in [4.78, 5) is 0. The quantitative estimate of drug-likeness (QED) is 0.835. The van der Waals surface area contributed by atoms with E-state index in [0.29, 0.717) is 11.8 Å². The van der Waals surface area contributed by atoms with Crippen molar-refractivity contribution in [1.82, 2.24) is 5.32 Å². The number of hydrogen-bond donors (Lipinski definition) is 2. The first-order valence-electron chi connectivity index (χ1n) is 7.03. The van der Waals surface area contributed by atoms with E-state index in [0.717, 1.165) is 36.3 Å². The highest BCUT2D eigenvalue weighted by Crippen LogP contribution is 2.47. The third-order valence-electron chi connectivity index (χ3n) is 4.43. The average Bonchev–Trinajstić information content (AvgIpc) is 2.47. The van der Waals surface area contributed by atoms with E-state index in [-0.39, 0.29) is 0 Å². The van der Waals surface area contributed by atoms with Crippen LogP contribution in [-0.2, 0) is 12.8 Å². The second-order valence-electron chi connectivity index (χ2n) is 5.52. The van der Waals surface area contributed by atoms with Crippen LogP contribution in [0.25, 0.3) is 11.1 Å². The van der Waals surface area contributed by atoms with Gasteiger partial charge in [-0.05, 0) is 59.8 Å². The lowest BCUT2D eigenvalue weighted by atomic mass is 9.77. The number of methoxy groups -OCH3 is 1. The van der Waals surface area contributed by atoms with Gasteiger partial charge in [-0.15, -0.1) is 0 Å². The average molecular weight is 267 g/mol. The van der Waals surface area contributed by atoms with Gasteiger partial charge < -0.3 is 15.2 Å². The van der Waals surface area contributed by atoms with Crippen LogP contribution in [-0.4, -0.2) is 18.8 Å². The molecule has 1 heterocycles. The van der Waals surface area contributed by atoms with E-state index in [2.05, 4.69) is 23.5 Å². The molecule has 1 aliphatic carbocycles. The monoisotopic (exact) mass is 267 g/mol. The highest BCUT2D eigenvalue weighted by molar-refractivity contribution is 5.81. The van der Waals surface area contributed by atoms with E-state index < -0.39 is 0 Å². The van der Waals surface area contributed by atoms with Crippen LogP contribution in [0.5, 0.6) is 11.5 Å². The molecule has 3 nitrogen and oxygen atoms in total. The fourth-order valence-electron chi connectivity index (χ4n) is 3.57. The number of phenolic OH excluding ortho intramolecular Hbond substituents is 1. The number of hydrogen-bond acceptors (Lipinski definition) is 3. The molecule has 2 aromatic carbocycles. The van der Waals surface area contributed by atoms with E-state index in [1.807, 2.05) is 6.07 Å². The molecular formula is C17H17NO2. The second-order valence-corrected chi connectivity index (χ2v) is 5.52. The van der Waals surface area contributed by atoms with Gasteiger partial charge in [0.15, 0.2) is 0 Å². The van der Waals surface area contributed by atoms with Gasteiger partial charge in [0.1, 0.15) is 11.5 Å². The molecule has 2 aromatic rings. The van der Waals surface area contributed by atoms with Crippen LogP contribution in [0.1, 0.15) is 22.7 Å². The maximum Gasteiger partial charge on any atom is 0.123 e. The first kappa shape index (κ1) is 11.8. The second kappa shape index (κ2) is 4.25. The summed E-state index contributed by atoms with van der Waals surface area (Å²) >= 11 is 0. The van der Waals surface area contributed by atoms with Gasteiger partial charge in [-0.2, -0.15) is 0 Å². The Labute approximate surface area is 118 Å². The van der Waals surface area contributed by atoms with Crippen molar-refractivity contribution in [3.8, 4) is 22.6 Å². The minimum Gasteiger partial charge on any atom is -0.507 e. The molecule has 0 fully saturated rings. The molecule has 0 saturated heterocycles. The summed E-state index contributed by atoms with van der Waals surface area (Å²) in [6.45, 7) is 0.998. The zero-order chi connectivity index (χ0) is 13.7. The molecule has 0 aromatic heterocycles. The summed E-state index contributed by atoms with van der Waals surface area (Å²) in [7, 11) is 1.70. The largest absolute Gasteiger partial charge is 0.507 e. The van der Waals surface area contributed by atoms with Crippen molar-refractivity contribution in [3.05, 3.63) is 47.0 Å². The lowest BCUT2D eigenvalue weighted by Crippen LogP contribution is -2.33. The Bertz CT molecular complexity index is 694. The fourth-order valence-corrected chi connectivity index (χ4v) is 3.57. The Kier molecular flexibility index (Phi) is 2.51. The van der Waals surface area contributed by atoms with E-state index >= 15 is 0 Å². The molecule has 20 heavy (non-hydrogen) atoms. The van der Waals surface area contributed by atoms with Gasteiger partial charge in [0.2, 0.25) is 0 Å². The highest BCUT2D eigenvalue weighted by atomic mass is 16.5. The van der Waals surface area contributed by atoms with Gasteiger partial charge in [0.05, 0.1) is 7.11 Å².